The zero-order valence-corrected chi connectivity index (χ0v) is 19.1. The highest BCUT2D eigenvalue weighted by Gasteiger charge is 2.29. The molecule has 0 bridgehead atoms. The van der Waals surface area contributed by atoms with Crippen LogP contribution < -0.4 is 14.4 Å². The van der Waals surface area contributed by atoms with Crippen LogP contribution >= 0.6 is 0 Å². The molecule has 31 heavy (non-hydrogen) atoms. The first kappa shape index (κ1) is 24.2. The van der Waals surface area contributed by atoms with Gasteiger partial charge in [-0.3, -0.25) is 13.9 Å². The van der Waals surface area contributed by atoms with E-state index in [9.17, 15) is 18.0 Å². The van der Waals surface area contributed by atoms with Crippen LogP contribution in [-0.2, 0) is 26.2 Å². The monoisotopic (exact) mass is 447 g/mol. The minimum Gasteiger partial charge on any atom is -0.494 e. The van der Waals surface area contributed by atoms with Crippen LogP contribution in [0, 0.1) is 0 Å². The Morgan fingerprint density at radius 1 is 1.06 bits per heavy atom. The second-order valence-electron chi connectivity index (χ2n) is 6.99. The maximum Gasteiger partial charge on any atom is 0.244 e. The summed E-state index contributed by atoms with van der Waals surface area (Å²) in [5.41, 5.74) is 1.17. The van der Waals surface area contributed by atoms with E-state index in [1.54, 1.807) is 31.2 Å². The summed E-state index contributed by atoms with van der Waals surface area (Å²) < 4.78 is 31.3. The van der Waals surface area contributed by atoms with E-state index in [-0.39, 0.29) is 12.5 Å². The summed E-state index contributed by atoms with van der Waals surface area (Å²) in [6.07, 6.45) is 1.04. The van der Waals surface area contributed by atoms with Crippen LogP contribution in [0.1, 0.15) is 19.4 Å². The molecule has 8 nitrogen and oxygen atoms in total. The van der Waals surface area contributed by atoms with Crippen molar-refractivity contribution >= 4 is 27.5 Å². The average molecular weight is 448 g/mol. The van der Waals surface area contributed by atoms with E-state index in [1.807, 2.05) is 37.3 Å². The normalized spacial score (nSPS) is 12.0. The topological polar surface area (TPSA) is 96.0 Å². The number of anilines is 1. The van der Waals surface area contributed by atoms with E-state index < -0.39 is 28.5 Å². The molecule has 1 unspecified atom stereocenters. The van der Waals surface area contributed by atoms with Gasteiger partial charge in [0, 0.05) is 13.6 Å². The highest BCUT2D eigenvalue weighted by Crippen LogP contribution is 2.22. The molecule has 0 aliphatic heterocycles. The number of hydrogen-bond donors (Lipinski definition) is 1. The fraction of sp³-hybridized carbons (Fsp3) is 0.364. The molecule has 0 heterocycles. The van der Waals surface area contributed by atoms with E-state index in [0.29, 0.717) is 18.0 Å². The first-order valence-corrected chi connectivity index (χ1v) is 11.8. The average Bonchev–Trinajstić information content (AvgIpc) is 2.75. The van der Waals surface area contributed by atoms with Gasteiger partial charge in [0.15, 0.2) is 0 Å². The highest BCUT2D eigenvalue weighted by atomic mass is 32.2. The van der Waals surface area contributed by atoms with Gasteiger partial charge in [-0.1, -0.05) is 30.3 Å². The Morgan fingerprint density at radius 3 is 2.19 bits per heavy atom. The van der Waals surface area contributed by atoms with Gasteiger partial charge in [-0.2, -0.15) is 0 Å². The summed E-state index contributed by atoms with van der Waals surface area (Å²) in [5, 5.41) is 2.54. The molecule has 0 fully saturated rings. The lowest BCUT2D eigenvalue weighted by molar-refractivity contribution is -0.139. The van der Waals surface area contributed by atoms with Gasteiger partial charge in [0.05, 0.1) is 18.6 Å². The molecule has 0 aliphatic rings. The number of likely N-dealkylation sites (N-methyl/N-ethyl adjacent to an activating group) is 1. The molecule has 0 saturated carbocycles. The number of nitrogens with zero attached hydrogens (tertiary/aromatic N) is 2. The number of carbonyl (C=O) groups is 2. The van der Waals surface area contributed by atoms with E-state index in [4.69, 9.17) is 4.74 Å². The van der Waals surface area contributed by atoms with Crippen molar-refractivity contribution < 1.29 is 22.7 Å². The van der Waals surface area contributed by atoms with Crippen molar-refractivity contribution in [3.8, 4) is 5.75 Å². The Hall–Kier alpha value is -3.07. The van der Waals surface area contributed by atoms with Gasteiger partial charge in [0.2, 0.25) is 21.8 Å². The second kappa shape index (κ2) is 10.8. The van der Waals surface area contributed by atoms with Crippen molar-refractivity contribution in [3.63, 3.8) is 0 Å². The van der Waals surface area contributed by atoms with Gasteiger partial charge in [0.1, 0.15) is 18.3 Å². The van der Waals surface area contributed by atoms with Gasteiger partial charge >= 0.3 is 0 Å². The number of carbonyl (C=O) groups excluding carboxylic acids is 2. The number of rotatable bonds is 10. The molecule has 1 N–H and O–H groups in total. The Bertz CT molecular complexity index is 978. The summed E-state index contributed by atoms with van der Waals surface area (Å²) >= 11 is 0. The minimum atomic E-state index is -3.75. The molecule has 1 atom stereocenters. The highest BCUT2D eigenvalue weighted by molar-refractivity contribution is 7.92. The van der Waals surface area contributed by atoms with Crippen molar-refractivity contribution in [2.45, 2.75) is 26.4 Å². The molecule has 0 aromatic heterocycles. The van der Waals surface area contributed by atoms with Crippen molar-refractivity contribution in [3.05, 3.63) is 60.2 Å². The number of amides is 2. The van der Waals surface area contributed by atoms with Crippen LogP contribution in [0.4, 0.5) is 5.69 Å². The quantitative estimate of drug-likeness (QED) is 0.601. The second-order valence-corrected chi connectivity index (χ2v) is 8.90. The third-order valence-corrected chi connectivity index (χ3v) is 5.86. The molecule has 0 spiro atoms. The molecule has 9 heteroatoms. The maximum absolute atomic E-state index is 13.2. The largest absolute Gasteiger partial charge is 0.494 e. The fourth-order valence-corrected chi connectivity index (χ4v) is 3.91. The van der Waals surface area contributed by atoms with Crippen molar-refractivity contribution in [1.29, 1.82) is 0 Å². The zero-order chi connectivity index (χ0) is 23.0. The van der Waals surface area contributed by atoms with E-state index in [2.05, 4.69) is 5.32 Å². The molecular weight excluding hydrogens is 418 g/mol. The van der Waals surface area contributed by atoms with E-state index in [1.165, 1.54) is 11.9 Å². The summed E-state index contributed by atoms with van der Waals surface area (Å²) in [4.78, 5) is 26.8. The van der Waals surface area contributed by atoms with Crippen LogP contribution in [0.25, 0.3) is 0 Å². The van der Waals surface area contributed by atoms with Crippen LogP contribution in [0.5, 0.6) is 5.75 Å². The molecule has 2 rings (SSSR count). The summed E-state index contributed by atoms with van der Waals surface area (Å²) in [6.45, 7) is 3.70. The van der Waals surface area contributed by atoms with Gasteiger partial charge < -0.3 is 15.0 Å². The predicted octanol–water partition coefficient (Wildman–Crippen LogP) is 2.01. The lowest BCUT2D eigenvalue weighted by atomic mass is 10.1. The van der Waals surface area contributed by atoms with Crippen molar-refractivity contribution in [2.24, 2.45) is 0 Å². The number of ether oxygens (including phenoxy) is 1. The molecule has 2 aromatic carbocycles. The van der Waals surface area contributed by atoms with Gasteiger partial charge in [-0.15, -0.1) is 0 Å². The fourth-order valence-electron chi connectivity index (χ4n) is 3.06. The van der Waals surface area contributed by atoms with Gasteiger partial charge in [-0.25, -0.2) is 8.42 Å². The lowest BCUT2D eigenvalue weighted by Crippen LogP contribution is -2.50. The van der Waals surface area contributed by atoms with E-state index in [0.717, 1.165) is 16.1 Å². The smallest absolute Gasteiger partial charge is 0.244 e. The van der Waals surface area contributed by atoms with Crippen LogP contribution in [0.2, 0.25) is 0 Å². The number of benzene rings is 2. The molecular formula is C22H29N3O5S. The summed E-state index contributed by atoms with van der Waals surface area (Å²) in [6, 6.07) is 14.9. The summed E-state index contributed by atoms with van der Waals surface area (Å²) in [5.74, 6) is -0.222. The van der Waals surface area contributed by atoms with Gasteiger partial charge in [-0.05, 0) is 43.7 Å². The molecule has 2 amide bonds. The lowest BCUT2D eigenvalue weighted by Gasteiger charge is -2.31. The van der Waals surface area contributed by atoms with Crippen molar-refractivity contribution in [2.75, 3.05) is 30.8 Å². The zero-order valence-electron chi connectivity index (χ0n) is 18.2. The Labute approximate surface area is 183 Å². The molecule has 0 radical (unpaired) electrons. The first-order chi connectivity index (χ1) is 14.7. The number of hydrogen-bond acceptors (Lipinski definition) is 5. The Kier molecular flexibility index (Phi) is 8.44. The third kappa shape index (κ3) is 6.71. The molecule has 2 aromatic rings. The number of nitrogens with one attached hydrogen (secondary N) is 1. The minimum absolute atomic E-state index is 0.176. The Morgan fingerprint density at radius 2 is 1.68 bits per heavy atom. The summed E-state index contributed by atoms with van der Waals surface area (Å²) in [7, 11) is -2.26. The number of sulfonamides is 1. The third-order valence-electron chi connectivity index (χ3n) is 4.72. The standard InChI is InChI=1S/C22H29N3O5S/c1-5-30-20-13-11-19(12-14-20)25(31(4,28)29)16-21(26)24(17(2)22(27)23-3)15-18-9-7-6-8-10-18/h6-14,17H,5,15-16H2,1-4H3,(H,23,27). The maximum atomic E-state index is 13.2. The predicted molar refractivity (Wildman–Crippen MR) is 120 cm³/mol. The first-order valence-electron chi connectivity index (χ1n) is 9.93. The van der Waals surface area contributed by atoms with Crippen molar-refractivity contribution in [1.82, 2.24) is 10.2 Å². The molecule has 0 aliphatic carbocycles. The van der Waals surface area contributed by atoms with Crippen LogP contribution in [0.15, 0.2) is 54.6 Å². The Balaban J connectivity index is 2.32. The SMILES string of the molecule is CCOc1ccc(N(CC(=O)N(Cc2ccccc2)C(C)C(=O)NC)S(C)(=O)=O)cc1. The van der Waals surface area contributed by atoms with Crippen LogP contribution in [-0.4, -0.2) is 57.6 Å². The molecule has 168 valence electrons. The van der Waals surface area contributed by atoms with E-state index >= 15 is 0 Å². The van der Waals surface area contributed by atoms with Gasteiger partial charge in [0.25, 0.3) is 0 Å². The van der Waals surface area contributed by atoms with Crippen LogP contribution in [0.3, 0.4) is 0 Å². The molecule has 0 saturated heterocycles.